The van der Waals surface area contributed by atoms with E-state index in [2.05, 4.69) is 15.6 Å². The molecule has 0 atom stereocenters. The quantitative estimate of drug-likeness (QED) is 0.681. The van der Waals surface area contributed by atoms with Crippen LogP contribution in [-0.4, -0.2) is 29.1 Å². The van der Waals surface area contributed by atoms with Crippen molar-refractivity contribution in [3.05, 3.63) is 47.2 Å². The Morgan fingerprint density at radius 1 is 1.27 bits per heavy atom. The lowest BCUT2D eigenvalue weighted by atomic mass is 10.2. The van der Waals surface area contributed by atoms with Gasteiger partial charge in [-0.05, 0) is 44.5 Å². The number of carbonyl (C=O) groups excluding carboxylic acids is 1. The largest absolute Gasteiger partial charge is 0.444 e. The number of benzene rings is 1. The van der Waals surface area contributed by atoms with Crippen LogP contribution in [0.15, 0.2) is 28.7 Å². The molecule has 0 unspecified atom stereocenters. The number of carbonyl (C=O) groups is 1. The number of rotatable bonds is 7. The van der Waals surface area contributed by atoms with Crippen LogP contribution in [0.4, 0.5) is 5.69 Å². The maximum Gasteiger partial charge on any atom is 0.251 e. The van der Waals surface area contributed by atoms with Gasteiger partial charge in [0, 0.05) is 24.4 Å². The fourth-order valence-electron chi connectivity index (χ4n) is 1.91. The lowest BCUT2D eigenvalue weighted by molar-refractivity contribution is 0.0951. The van der Waals surface area contributed by atoms with E-state index in [0.717, 1.165) is 17.1 Å². The van der Waals surface area contributed by atoms with Crippen LogP contribution < -0.4 is 10.6 Å². The van der Waals surface area contributed by atoms with E-state index in [1.54, 1.807) is 12.1 Å². The van der Waals surface area contributed by atoms with E-state index in [0.29, 0.717) is 31.0 Å². The molecular formula is C16H21N3O3. The lowest BCUT2D eigenvalue weighted by Gasteiger charge is -2.06. The van der Waals surface area contributed by atoms with Gasteiger partial charge in [-0.3, -0.25) is 4.79 Å². The number of anilines is 1. The molecule has 1 amide bonds. The third kappa shape index (κ3) is 4.33. The Bertz CT molecular complexity index is 601. The molecule has 0 bridgehead atoms. The van der Waals surface area contributed by atoms with Gasteiger partial charge >= 0.3 is 0 Å². The number of nitrogens with one attached hydrogen (secondary N) is 2. The first-order valence-electron chi connectivity index (χ1n) is 7.26. The fraction of sp³-hybridized carbons (Fsp3) is 0.375. The van der Waals surface area contributed by atoms with Crippen molar-refractivity contribution in [2.75, 3.05) is 18.5 Å². The maximum absolute atomic E-state index is 11.8. The summed E-state index contributed by atoms with van der Waals surface area (Å²) in [5.41, 5.74) is 2.37. The predicted molar refractivity (Wildman–Crippen MR) is 83.8 cm³/mol. The summed E-state index contributed by atoms with van der Waals surface area (Å²) in [5.74, 6) is 1.33. The second-order valence-corrected chi connectivity index (χ2v) is 5.01. The van der Waals surface area contributed by atoms with Crippen LogP contribution in [0.1, 0.15) is 34.1 Å². The van der Waals surface area contributed by atoms with Crippen LogP contribution >= 0.6 is 0 Å². The lowest BCUT2D eigenvalue weighted by Crippen LogP contribution is -2.24. The van der Waals surface area contributed by atoms with E-state index in [9.17, 15) is 4.79 Å². The first-order chi connectivity index (χ1) is 10.6. The molecule has 0 aliphatic heterocycles. The normalized spacial score (nSPS) is 10.5. The molecule has 0 radical (unpaired) electrons. The molecule has 0 aliphatic rings. The van der Waals surface area contributed by atoms with Crippen LogP contribution in [0.5, 0.6) is 0 Å². The van der Waals surface area contributed by atoms with Gasteiger partial charge in [0.15, 0.2) is 0 Å². The van der Waals surface area contributed by atoms with Crippen LogP contribution in [0.2, 0.25) is 0 Å². The molecule has 0 saturated heterocycles. The van der Waals surface area contributed by atoms with Crippen molar-refractivity contribution >= 4 is 11.6 Å². The number of amides is 1. The molecule has 6 heteroatoms. The van der Waals surface area contributed by atoms with Crippen molar-refractivity contribution in [2.24, 2.45) is 0 Å². The smallest absolute Gasteiger partial charge is 0.251 e. The summed E-state index contributed by atoms with van der Waals surface area (Å²) in [6, 6.07) is 7.18. The Morgan fingerprint density at radius 3 is 2.59 bits per heavy atom. The molecule has 118 valence electrons. The summed E-state index contributed by atoms with van der Waals surface area (Å²) in [5, 5.41) is 14.6. The number of aliphatic hydroxyl groups is 1. The van der Waals surface area contributed by atoms with E-state index in [4.69, 9.17) is 9.52 Å². The molecule has 22 heavy (non-hydrogen) atoms. The number of nitrogens with zero attached hydrogens (tertiary/aromatic N) is 1. The van der Waals surface area contributed by atoms with Gasteiger partial charge in [0.25, 0.3) is 5.91 Å². The number of aliphatic hydroxyl groups excluding tert-OH is 1. The van der Waals surface area contributed by atoms with Crippen molar-refractivity contribution in [2.45, 2.75) is 26.8 Å². The number of aryl methyl sites for hydroxylation is 2. The molecule has 0 fully saturated rings. The zero-order chi connectivity index (χ0) is 15.9. The monoisotopic (exact) mass is 303 g/mol. The molecule has 2 aromatic rings. The Labute approximate surface area is 129 Å². The Kier molecular flexibility index (Phi) is 5.55. The fourth-order valence-corrected chi connectivity index (χ4v) is 1.91. The zero-order valence-corrected chi connectivity index (χ0v) is 12.8. The first-order valence-corrected chi connectivity index (χ1v) is 7.26. The highest BCUT2D eigenvalue weighted by atomic mass is 16.4. The minimum atomic E-state index is -0.140. The van der Waals surface area contributed by atoms with Gasteiger partial charge in [0.2, 0.25) is 5.89 Å². The van der Waals surface area contributed by atoms with Gasteiger partial charge in [0.05, 0.1) is 12.2 Å². The van der Waals surface area contributed by atoms with Gasteiger partial charge in [0.1, 0.15) is 5.76 Å². The predicted octanol–water partition coefficient (Wildman–Crippen LogP) is 2.02. The van der Waals surface area contributed by atoms with E-state index in [1.807, 2.05) is 26.0 Å². The minimum absolute atomic E-state index is 0.0723. The molecule has 1 aromatic carbocycles. The van der Waals surface area contributed by atoms with Crippen LogP contribution in [0.25, 0.3) is 0 Å². The van der Waals surface area contributed by atoms with E-state index in [1.165, 1.54) is 0 Å². The molecular weight excluding hydrogens is 282 g/mol. The van der Waals surface area contributed by atoms with Gasteiger partial charge in [-0.2, -0.15) is 0 Å². The van der Waals surface area contributed by atoms with E-state index in [-0.39, 0.29) is 12.5 Å². The van der Waals surface area contributed by atoms with E-state index >= 15 is 0 Å². The summed E-state index contributed by atoms with van der Waals surface area (Å²) in [6.07, 6.45) is 0.556. The maximum atomic E-state index is 11.8. The number of aromatic nitrogens is 1. The summed E-state index contributed by atoms with van der Waals surface area (Å²) >= 11 is 0. The molecule has 1 heterocycles. The van der Waals surface area contributed by atoms with Gasteiger partial charge in [-0.1, -0.05) is 0 Å². The standard InChI is InChI=1S/C16H21N3O3/c1-11-12(2)22-15(19-11)10-18-14-6-4-13(5-7-14)16(21)17-8-3-9-20/h4-7,18,20H,3,8-10H2,1-2H3,(H,17,21). The molecule has 0 spiro atoms. The van der Waals surface area contributed by atoms with Crippen molar-refractivity contribution in [3.63, 3.8) is 0 Å². The molecule has 3 N–H and O–H groups in total. The Balaban J connectivity index is 1.87. The average Bonchev–Trinajstić information content (AvgIpc) is 2.84. The molecule has 0 saturated carbocycles. The second kappa shape index (κ2) is 7.61. The molecule has 0 aliphatic carbocycles. The number of oxazole rings is 1. The highest BCUT2D eigenvalue weighted by Crippen LogP contribution is 2.13. The molecule has 1 aromatic heterocycles. The van der Waals surface area contributed by atoms with Crippen molar-refractivity contribution in [3.8, 4) is 0 Å². The molecule has 6 nitrogen and oxygen atoms in total. The topological polar surface area (TPSA) is 87.4 Å². The first kappa shape index (κ1) is 16.0. The number of hydrogen-bond donors (Lipinski definition) is 3. The molecule has 2 rings (SSSR count). The second-order valence-electron chi connectivity index (χ2n) is 5.01. The minimum Gasteiger partial charge on any atom is -0.444 e. The number of hydrogen-bond acceptors (Lipinski definition) is 5. The van der Waals surface area contributed by atoms with E-state index < -0.39 is 0 Å². The van der Waals surface area contributed by atoms with Gasteiger partial charge < -0.3 is 20.2 Å². The highest BCUT2D eigenvalue weighted by molar-refractivity contribution is 5.94. The highest BCUT2D eigenvalue weighted by Gasteiger charge is 2.06. The SMILES string of the molecule is Cc1nc(CNc2ccc(C(=O)NCCCO)cc2)oc1C. The van der Waals surface area contributed by atoms with Gasteiger partial charge in [-0.25, -0.2) is 4.98 Å². The third-order valence-electron chi connectivity index (χ3n) is 3.28. The van der Waals surface area contributed by atoms with Crippen molar-refractivity contribution in [1.82, 2.24) is 10.3 Å². The summed E-state index contributed by atoms with van der Waals surface area (Å²) in [7, 11) is 0. The Hall–Kier alpha value is -2.34. The van der Waals surface area contributed by atoms with Crippen LogP contribution in [-0.2, 0) is 6.54 Å². The zero-order valence-electron chi connectivity index (χ0n) is 12.8. The summed E-state index contributed by atoms with van der Waals surface area (Å²) in [4.78, 5) is 16.1. The average molecular weight is 303 g/mol. The van der Waals surface area contributed by atoms with Crippen LogP contribution in [0, 0.1) is 13.8 Å². The van der Waals surface area contributed by atoms with Crippen molar-refractivity contribution < 1.29 is 14.3 Å². The third-order valence-corrected chi connectivity index (χ3v) is 3.28. The summed E-state index contributed by atoms with van der Waals surface area (Å²) < 4.78 is 5.49. The van der Waals surface area contributed by atoms with Crippen molar-refractivity contribution in [1.29, 1.82) is 0 Å². The Morgan fingerprint density at radius 2 is 2.00 bits per heavy atom. The van der Waals surface area contributed by atoms with Crippen LogP contribution in [0.3, 0.4) is 0 Å². The summed E-state index contributed by atoms with van der Waals surface area (Å²) in [6.45, 7) is 4.83. The van der Waals surface area contributed by atoms with Gasteiger partial charge in [-0.15, -0.1) is 0 Å².